The summed E-state index contributed by atoms with van der Waals surface area (Å²) in [5, 5.41) is 0. The number of esters is 1. The van der Waals surface area contributed by atoms with Crippen LogP contribution in [0.3, 0.4) is 0 Å². The maximum absolute atomic E-state index is 11.4. The van der Waals surface area contributed by atoms with Crippen LogP contribution in [0.4, 0.5) is 0 Å². The Morgan fingerprint density at radius 2 is 2.28 bits per heavy atom. The molecule has 0 bridgehead atoms. The van der Waals surface area contributed by atoms with Crippen molar-refractivity contribution in [2.75, 3.05) is 6.61 Å². The fraction of sp³-hybridized carbons (Fsp3) is 0.417. The van der Waals surface area contributed by atoms with Crippen LogP contribution in [0, 0.1) is 4.64 Å². The number of aryl methyl sites for hydroxylation is 1. The molecule has 0 aromatic carbocycles. The summed E-state index contributed by atoms with van der Waals surface area (Å²) in [4.78, 5) is 24.7. The van der Waals surface area contributed by atoms with Gasteiger partial charge in [0.15, 0.2) is 0 Å². The van der Waals surface area contributed by atoms with Crippen LogP contribution in [0.25, 0.3) is 0 Å². The summed E-state index contributed by atoms with van der Waals surface area (Å²) in [7, 11) is 0. The molecule has 0 aliphatic carbocycles. The molecule has 1 heterocycles. The van der Waals surface area contributed by atoms with Crippen molar-refractivity contribution in [2.24, 2.45) is 0 Å². The summed E-state index contributed by atoms with van der Waals surface area (Å²) in [6, 6.07) is 1.68. The smallest absolute Gasteiger partial charge is 0.330 e. The van der Waals surface area contributed by atoms with Gasteiger partial charge in [-0.2, -0.15) is 0 Å². The summed E-state index contributed by atoms with van der Waals surface area (Å²) in [5.41, 5.74) is -0.194. The first-order valence-corrected chi connectivity index (χ1v) is 6.13. The van der Waals surface area contributed by atoms with E-state index in [1.54, 1.807) is 16.8 Å². The summed E-state index contributed by atoms with van der Waals surface area (Å²) >= 11 is 4.84. The summed E-state index contributed by atoms with van der Waals surface area (Å²) in [6.45, 7) is 4.32. The Kier molecular flexibility index (Phi) is 6.07. The van der Waals surface area contributed by atoms with Gasteiger partial charge in [0.05, 0.1) is 6.61 Å². The van der Waals surface area contributed by atoms with Gasteiger partial charge in [-0.05, 0) is 25.3 Å². The first-order valence-electron chi connectivity index (χ1n) is 5.72. The van der Waals surface area contributed by atoms with Gasteiger partial charge in [-0.25, -0.2) is 9.59 Å². The third-order valence-corrected chi connectivity index (χ3v) is 2.59. The summed E-state index contributed by atoms with van der Waals surface area (Å²) < 4.78 is 6.85. The van der Waals surface area contributed by atoms with Crippen molar-refractivity contribution in [3.05, 3.63) is 40.0 Å². The van der Waals surface area contributed by atoms with Crippen molar-refractivity contribution in [2.45, 2.75) is 25.8 Å². The Morgan fingerprint density at radius 3 is 2.94 bits per heavy atom. The van der Waals surface area contributed by atoms with Gasteiger partial charge in [0.1, 0.15) is 4.64 Å². The quantitative estimate of drug-likeness (QED) is 0.354. The minimum atomic E-state index is -0.401. The molecule has 98 valence electrons. The number of nitrogens with zero attached hydrogens (tertiary/aromatic N) is 1. The zero-order valence-electron chi connectivity index (χ0n) is 10.1. The minimum Gasteiger partial charge on any atom is -0.463 e. The molecule has 5 nitrogen and oxygen atoms in total. The maximum Gasteiger partial charge on any atom is 0.330 e. The normalized spacial score (nSPS) is 10.0. The van der Waals surface area contributed by atoms with E-state index in [4.69, 9.17) is 17.0 Å². The average molecular weight is 268 g/mol. The van der Waals surface area contributed by atoms with E-state index >= 15 is 0 Å². The lowest BCUT2D eigenvalue weighted by Gasteiger charge is -2.05. The zero-order valence-corrected chi connectivity index (χ0v) is 10.9. The van der Waals surface area contributed by atoms with Gasteiger partial charge in [-0.15, -0.1) is 0 Å². The van der Waals surface area contributed by atoms with Crippen LogP contribution in [0.5, 0.6) is 0 Å². The molecule has 0 saturated heterocycles. The van der Waals surface area contributed by atoms with Crippen molar-refractivity contribution >= 4 is 18.2 Å². The Hall–Kier alpha value is -1.69. The standard InChI is InChI=1S/C12H16N2O3S/c1-2-11(15)17-9-5-3-4-7-14-8-6-10(18)13-12(14)16/h2,6,8H,1,3-5,7,9H2,(H,13,16,18). The number of unbranched alkanes of at least 4 members (excludes halogenated alkanes) is 2. The van der Waals surface area contributed by atoms with Gasteiger partial charge < -0.3 is 9.30 Å². The summed E-state index contributed by atoms with van der Waals surface area (Å²) in [6.07, 6.45) is 5.32. The highest BCUT2D eigenvalue weighted by molar-refractivity contribution is 7.71. The highest BCUT2D eigenvalue weighted by atomic mass is 32.1. The van der Waals surface area contributed by atoms with Crippen LogP contribution in [-0.2, 0) is 16.1 Å². The van der Waals surface area contributed by atoms with Crippen molar-refractivity contribution < 1.29 is 9.53 Å². The molecule has 0 saturated carbocycles. The number of nitrogens with one attached hydrogen (secondary N) is 1. The monoisotopic (exact) mass is 268 g/mol. The molecule has 1 aromatic heterocycles. The van der Waals surface area contributed by atoms with Crippen LogP contribution >= 0.6 is 12.2 Å². The van der Waals surface area contributed by atoms with Crippen molar-refractivity contribution in [3.63, 3.8) is 0 Å². The Morgan fingerprint density at radius 1 is 1.50 bits per heavy atom. The number of carbonyl (C=O) groups excluding carboxylic acids is 1. The fourth-order valence-corrected chi connectivity index (χ4v) is 1.56. The van der Waals surface area contributed by atoms with E-state index < -0.39 is 5.97 Å². The van der Waals surface area contributed by atoms with E-state index in [9.17, 15) is 9.59 Å². The molecule has 0 radical (unpaired) electrons. The molecule has 0 spiro atoms. The number of hydrogen-bond donors (Lipinski definition) is 1. The van der Waals surface area contributed by atoms with Crippen LogP contribution < -0.4 is 5.69 Å². The second-order valence-corrected chi connectivity index (χ2v) is 4.18. The molecule has 0 unspecified atom stereocenters. The van der Waals surface area contributed by atoms with Gasteiger partial charge >= 0.3 is 11.7 Å². The average Bonchev–Trinajstić information content (AvgIpc) is 2.35. The second-order valence-electron chi connectivity index (χ2n) is 3.74. The van der Waals surface area contributed by atoms with Gasteiger partial charge in [0.2, 0.25) is 0 Å². The van der Waals surface area contributed by atoms with Gasteiger partial charge in [-0.3, -0.25) is 4.98 Å². The molecule has 6 heteroatoms. The van der Waals surface area contributed by atoms with E-state index in [2.05, 4.69) is 11.6 Å². The van der Waals surface area contributed by atoms with E-state index in [1.807, 2.05) is 0 Å². The third kappa shape index (κ3) is 5.09. The number of aromatic amines is 1. The van der Waals surface area contributed by atoms with Crippen LogP contribution in [0.2, 0.25) is 0 Å². The topological polar surface area (TPSA) is 64.1 Å². The highest BCUT2D eigenvalue weighted by Gasteiger charge is 1.97. The van der Waals surface area contributed by atoms with E-state index in [0.717, 1.165) is 25.3 Å². The predicted molar refractivity (Wildman–Crippen MR) is 70.9 cm³/mol. The van der Waals surface area contributed by atoms with Crippen molar-refractivity contribution in [1.29, 1.82) is 0 Å². The lowest BCUT2D eigenvalue weighted by Crippen LogP contribution is -2.22. The number of H-pyrrole nitrogens is 1. The van der Waals surface area contributed by atoms with Crippen LogP contribution in [0.1, 0.15) is 19.3 Å². The molecule has 0 fully saturated rings. The number of carbonyl (C=O) groups is 1. The van der Waals surface area contributed by atoms with Crippen molar-refractivity contribution in [1.82, 2.24) is 9.55 Å². The number of rotatable bonds is 7. The van der Waals surface area contributed by atoms with Crippen LogP contribution in [-0.4, -0.2) is 22.1 Å². The Bertz CT molecular complexity index is 519. The third-order valence-electron chi connectivity index (χ3n) is 2.35. The van der Waals surface area contributed by atoms with Gasteiger partial charge in [-0.1, -0.05) is 18.8 Å². The zero-order chi connectivity index (χ0) is 13.4. The Labute approximate surface area is 110 Å². The molecule has 1 rings (SSSR count). The molecule has 0 aliphatic rings. The van der Waals surface area contributed by atoms with Crippen molar-refractivity contribution in [3.8, 4) is 0 Å². The minimum absolute atomic E-state index is 0.194. The molecular formula is C12H16N2O3S. The second kappa shape index (κ2) is 7.60. The van der Waals surface area contributed by atoms with Crippen LogP contribution in [0.15, 0.2) is 29.7 Å². The van der Waals surface area contributed by atoms with Gasteiger partial charge in [0.25, 0.3) is 0 Å². The molecular weight excluding hydrogens is 252 g/mol. The molecule has 0 amide bonds. The van der Waals surface area contributed by atoms with E-state index in [1.165, 1.54) is 0 Å². The summed E-state index contributed by atoms with van der Waals surface area (Å²) in [5.74, 6) is -0.401. The number of aromatic nitrogens is 2. The SMILES string of the molecule is C=CC(=O)OCCCCCn1ccc(=S)[nH]c1=O. The fourth-order valence-electron chi connectivity index (χ4n) is 1.41. The van der Waals surface area contributed by atoms with E-state index in [-0.39, 0.29) is 5.69 Å². The first-order chi connectivity index (χ1) is 8.63. The molecule has 0 atom stereocenters. The molecule has 0 aliphatic heterocycles. The lowest BCUT2D eigenvalue weighted by molar-refractivity contribution is -0.137. The largest absolute Gasteiger partial charge is 0.463 e. The lowest BCUT2D eigenvalue weighted by atomic mass is 10.2. The van der Waals surface area contributed by atoms with Gasteiger partial charge in [0, 0.05) is 18.8 Å². The predicted octanol–water partition coefficient (Wildman–Crippen LogP) is 1.81. The number of hydrogen-bond acceptors (Lipinski definition) is 4. The maximum atomic E-state index is 11.4. The number of ether oxygens (including phenoxy) is 1. The Balaban J connectivity index is 2.22. The molecule has 1 N–H and O–H groups in total. The highest BCUT2D eigenvalue weighted by Crippen LogP contribution is 1.98. The molecule has 18 heavy (non-hydrogen) atoms. The molecule has 1 aromatic rings. The first kappa shape index (κ1) is 14.4. The van der Waals surface area contributed by atoms with E-state index in [0.29, 0.717) is 17.8 Å².